The van der Waals surface area contributed by atoms with Gasteiger partial charge in [0.2, 0.25) is 10.0 Å². The summed E-state index contributed by atoms with van der Waals surface area (Å²) in [5.74, 6) is -1.02. The fourth-order valence-electron chi connectivity index (χ4n) is 3.21. The fraction of sp³-hybridized carbons (Fsp3) is 0.333. The molecule has 1 atom stereocenters. The minimum atomic E-state index is -3.77. The van der Waals surface area contributed by atoms with Crippen molar-refractivity contribution in [1.29, 1.82) is 0 Å². The zero-order valence-electron chi connectivity index (χ0n) is 16.3. The molecule has 0 aliphatic carbocycles. The third kappa shape index (κ3) is 4.65. The summed E-state index contributed by atoms with van der Waals surface area (Å²) in [5, 5.41) is 0. The van der Waals surface area contributed by atoms with Gasteiger partial charge in [0.15, 0.2) is 0 Å². The van der Waals surface area contributed by atoms with E-state index in [-0.39, 0.29) is 18.0 Å². The van der Waals surface area contributed by atoms with Gasteiger partial charge in [0.05, 0.1) is 17.6 Å². The van der Waals surface area contributed by atoms with Crippen LogP contribution in [0.15, 0.2) is 53.4 Å². The van der Waals surface area contributed by atoms with Crippen molar-refractivity contribution in [3.05, 3.63) is 65.2 Å². The summed E-state index contributed by atoms with van der Waals surface area (Å²) in [4.78, 5) is 24.2. The highest BCUT2D eigenvalue weighted by Gasteiger charge is 2.40. The monoisotopic (exact) mass is 417 g/mol. The topological polar surface area (TPSA) is 90.0 Å². The normalized spacial score (nSPS) is 17.1. The summed E-state index contributed by atoms with van der Waals surface area (Å²) in [5.41, 5.74) is 2.05. The third-order valence-corrected chi connectivity index (χ3v) is 6.78. The molecular weight excluding hydrogens is 394 g/mol. The van der Waals surface area contributed by atoms with Gasteiger partial charge in [0.1, 0.15) is 12.6 Å². The third-order valence-electron chi connectivity index (χ3n) is 4.86. The molecule has 0 N–H and O–H groups in total. The van der Waals surface area contributed by atoms with E-state index < -0.39 is 28.0 Å². The molecule has 2 aromatic rings. The number of aryl methyl sites for hydroxylation is 1. The summed E-state index contributed by atoms with van der Waals surface area (Å²) < 4.78 is 37.1. The van der Waals surface area contributed by atoms with Crippen LogP contribution in [-0.4, -0.2) is 44.4 Å². The summed E-state index contributed by atoms with van der Waals surface area (Å²) in [7, 11) is -2.47. The van der Waals surface area contributed by atoms with E-state index in [4.69, 9.17) is 4.74 Å². The fourth-order valence-corrected chi connectivity index (χ4v) is 4.86. The van der Waals surface area contributed by atoms with Crippen LogP contribution in [0.2, 0.25) is 0 Å². The van der Waals surface area contributed by atoms with Crippen LogP contribution in [0.3, 0.4) is 0 Å². The molecule has 0 bridgehead atoms. The first-order chi connectivity index (χ1) is 13.8. The van der Waals surface area contributed by atoms with E-state index >= 15 is 0 Å². The number of benzene rings is 2. The van der Waals surface area contributed by atoms with Crippen molar-refractivity contribution >= 4 is 22.0 Å². The number of carbonyl (C=O) groups is 2. The summed E-state index contributed by atoms with van der Waals surface area (Å²) in [6, 6.07) is 12.2. The lowest BCUT2D eigenvalue weighted by atomic mass is 10.1. The number of sulfonamides is 1. The molecule has 7 nitrogen and oxygen atoms in total. The second-order valence-corrected chi connectivity index (χ2v) is 8.77. The molecule has 154 valence electrons. The van der Waals surface area contributed by atoms with Crippen LogP contribution >= 0.6 is 0 Å². The van der Waals surface area contributed by atoms with Crippen molar-refractivity contribution in [1.82, 2.24) is 4.31 Å². The summed E-state index contributed by atoms with van der Waals surface area (Å²) >= 11 is 0. The summed E-state index contributed by atoms with van der Waals surface area (Å²) in [6.45, 7) is 2.16. The minimum absolute atomic E-state index is 0.00476. The van der Waals surface area contributed by atoms with Gasteiger partial charge in [0.25, 0.3) is 0 Å². The number of hydrogen-bond donors (Lipinski definition) is 0. The molecule has 1 aliphatic heterocycles. The van der Waals surface area contributed by atoms with Crippen molar-refractivity contribution in [3.63, 3.8) is 0 Å². The Bertz CT molecular complexity index is 983. The molecule has 0 saturated carbocycles. The zero-order chi connectivity index (χ0) is 21.0. The van der Waals surface area contributed by atoms with Crippen LogP contribution in [0.4, 0.5) is 0 Å². The van der Waals surface area contributed by atoms with Gasteiger partial charge in [-0.2, -0.15) is 4.31 Å². The summed E-state index contributed by atoms with van der Waals surface area (Å²) in [6.07, 6.45) is 1.02. The maximum Gasteiger partial charge on any atom is 0.337 e. The van der Waals surface area contributed by atoms with Crippen LogP contribution in [0.5, 0.6) is 0 Å². The van der Waals surface area contributed by atoms with E-state index in [1.165, 1.54) is 11.4 Å². The Morgan fingerprint density at radius 1 is 1.07 bits per heavy atom. The van der Waals surface area contributed by atoms with Gasteiger partial charge >= 0.3 is 11.9 Å². The van der Waals surface area contributed by atoms with Gasteiger partial charge in [-0.25, -0.2) is 13.2 Å². The Balaban J connectivity index is 1.67. The number of ether oxygens (including phenoxy) is 2. The molecule has 0 unspecified atom stereocenters. The van der Waals surface area contributed by atoms with Crippen LogP contribution in [0.25, 0.3) is 0 Å². The number of rotatable bonds is 6. The predicted octanol–water partition coefficient (Wildman–Crippen LogP) is 2.68. The number of methoxy groups -OCH3 is 1. The maximum atomic E-state index is 12.9. The lowest BCUT2D eigenvalue weighted by Gasteiger charge is -2.23. The van der Waals surface area contributed by atoms with Gasteiger partial charge in [-0.1, -0.05) is 29.8 Å². The highest BCUT2D eigenvalue weighted by Crippen LogP contribution is 2.27. The van der Waals surface area contributed by atoms with Crippen LogP contribution in [0, 0.1) is 6.92 Å². The smallest absolute Gasteiger partial charge is 0.337 e. The Hall–Kier alpha value is -2.71. The van der Waals surface area contributed by atoms with E-state index in [9.17, 15) is 18.0 Å². The standard InChI is InChI=1S/C21H23NO6S/c1-15-5-11-18(12-6-15)29(25,26)22-13-3-4-19(22)21(24)28-14-16-7-9-17(10-8-16)20(23)27-2/h5-12,19H,3-4,13-14H2,1-2H3/t19-/m0/s1. The van der Waals surface area contributed by atoms with Gasteiger partial charge in [0, 0.05) is 6.54 Å². The van der Waals surface area contributed by atoms with E-state index in [1.807, 2.05) is 6.92 Å². The first kappa shape index (κ1) is 21.0. The molecule has 29 heavy (non-hydrogen) atoms. The second kappa shape index (κ2) is 8.75. The molecule has 0 amide bonds. The van der Waals surface area contributed by atoms with E-state index in [0.29, 0.717) is 24.0 Å². The molecule has 0 radical (unpaired) electrons. The Kier molecular flexibility index (Phi) is 6.34. The molecule has 2 aromatic carbocycles. The highest BCUT2D eigenvalue weighted by atomic mass is 32.2. The number of nitrogens with zero attached hydrogens (tertiary/aromatic N) is 1. The van der Waals surface area contributed by atoms with E-state index in [1.54, 1.807) is 48.5 Å². The molecule has 1 saturated heterocycles. The average Bonchev–Trinajstić information content (AvgIpc) is 3.23. The van der Waals surface area contributed by atoms with Gasteiger partial charge in [-0.05, 0) is 49.6 Å². The lowest BCUT2D eigenvalue weighted by molar-refractivity contribution is -0.148. The molecule has 3 rings (SSSR count). The van der Waals surface area contributed by atoms with Crippen molar-refractivity contribution in [2.24, 2.45) is 0 Å². The zero-order valence-corrected chi connectivity index (χ0v) is 17.1. The van der Waals surface area contributed by atoms with Crippen molar-refractivity contribution in [2.45, 2.75) is 37.3 Å². The molecule has 1 heterocycles. The minimum Gasteiger partial charge on any atom is -0.465 e. The first-order valence-electron chi connectivity index (χ1n) is 9.25. The number of hydrogen-bond acceptors (Lipinski definition) is 6. The number of carbonyl (C=O) groups excluding carboxylic acids is 2. The van der Waals surface area contributed by atoms with Crippen LogP contribution < -0.4 is 0 Å². The highest BCUT2D eigenvalue weighted by molar-refractivity contribution is 7.89. The molecule has 1 aliphatic rings. The van der Waals surface area contributed by atoms with Crippen LogP contribution in [-0.2, 0) is 30.9 Å². The molecular formula is C21H23NO6S. The largest absolute Gasteiger partial charge is 0.465 e. The molecule has 0 spiro atoms. The Labute approximate surface area is 170 Å². The van der Waals surface area contributed by atoms with E-state index in [0.717, 1.165) is 5.56 Å². The quantitative estimate of drug-likeness (QED) is 0.672. The second-order valence-electron chi connectivity index (χ2n) is 6.88. The van der Waals surface area contributed by atoms with Crippen LogP contribution in [0.1, 0.15) is 34.3 Å². The van der Waals surface area contributed by atoms with Crippen molar-refractivity contribution in [2.75, 3.05) is 13.7 Å². The SMILES string of the molecule is COC(=O)c1ccc(COC(=O)[C@@H]2CCCN2S(=O)(=O)c2ccc(C)cc2)cc1. The first-order valence-corrected chi connectivity index (χ1v) is 10.7. The van der Waals surface area contributed by atoms with Gasteiger partial charge < -0.3 is 9.47 Å². The van der Waals surface area contributed by atoms with Crippen molar-refractivity contribution < 1.29 is 27.5 Å². The Morgan fingerprint density at radius 3 is 2.34 bits per heavy atom. The average molecular weight is 417 g/mol. The molecule has 0 aromatic heterocycles. The van der Waals surface area contributed by atoms with Crippen molar-refractivity contribution in [3.8, 4) is 0 Å². The lowest BCUT2D eigenvalue weighted by Crippen LogP contribution is -2.41. The molecule has 8 heteroatoms. The van der Waals surface area contributed by atoms with Gasteiger partial charge in [-0.15, -0.1) is 0 Å². The predicted molar refractivity (Wildman–Crippen MR) is 106 cm³/mol. The van der Waals surface area contributed by atoms with Gasteiger partial charge in [-0.3, -0.25) is 4.79 Å². The van der Waals surface area contributed by atoms with E-state index in [2.05, 4.69) is 4.74 Å². The maximum absolute atomic E-state index is 12.9. The number of esters is 2. The Morgan fingerprint density at radius 2 is 1.72 bits per heavy atom. The molecule has 1 fully saturated rings.